The third kappa shape index (κ3) is 6.93. The number of rotatable bonds is 8. The van der Waals surface area contributed by atoms with Crippen molar-refractivity contribution in [1.82, 2.24) is 20.6 Å². The van der Waals surface area contributed by atoms with Crippen LogP contribution in [0.3, 0.4) is 0 Å². The van der Waals surface area contributed by atoms with E-state index >= 15 is 0 Å². The van der Waals surface area contributed by atoms with Crippen LogP contribution in [-0.2, 0) is 11.3 Å². The summed E-state index contributed by atoms with van der Waals surface area (Å²) >= 11 is 0. The molecule has 180 valence electrons. The molecule has 4 amide bonds. The van der Waals surface area contributed by atoms with Crippen LogP contribution in [0.1, 0.15) is 34.3 Å². The molecular formula is C24H26F2N4O4. The second-order valence-corrected chi connectivity index (χ2v) is 7.88. The molecule has 3 rings (SSSR count). The Kier molecular flexibility index (Phi) is 8.83. The molecular weight excluding hydrogens is 446 g/mol. The van der Waals surface area contributed by atoms with Crippen LogP contribution in [0.5, 0.6) is 0 Å². The van der Waals surface area contributed by atoms with Crippen LogP contribution in [0.15, 0.2) is 48.5 Å². The lowest BCUT2D eigenvalue weighted by atomic mass is 10.1. The summed E-state index contributed by atoms with van der Waals surface area (Å²) in [6, 6.07) is 9.26. The molecule has 0 radical (unpaired) electrons. The third-order valence-corrected chi connectivity index (χ3v) is 5.47. The number of hydrogen-bond acceptors (Lipinski definition) is 5. The average molecular weight is 472 g/mol. The number of hydroxylamine groups is 1. The van der Waals surface area contributed by atoms with E-state index in [1.165, 1.54) is 16.5 Å². The molecule has 1 saturated heterocycles. The first-order valence-electron chi connectivity index (χ1n) is 10.8. The summed E-state index contributed by atoms with van der Waals surface area (Å²) in [5.41, 5.74) is 2.15. The highest BCUT2D eigenvalue weighted by atomic mass is 19.1. The van der Waals surface area contributed by atoms with Crippen molar-refractivity contribution in [2.75, 3.05) is 26.2 Å². The first-order chi connectivity index (χ1) is 16.4. The zero-order valence-electron chi connectivity index (χ0n) is 18.5. The number of carbonyl (C=O) groups is 3. The van der Waals surface area contributed by atoms with E-state index in [2.05, 4.69) is 10.2 Å². The highest BCUT2D eigenvalue weighted by molar-refractivity contribution is 6.04. The van der Waals surface area contributed by atoms with Gasteiger partial charge in [0.1, 0.15) is 17.2 Å². The van der Waals surface area contributed by atoms with Gasteiger partial charge in [0.25, 0.3) is 11.8 Å². The van der Waals surface area contributed by atoms with E-state index in [1.54, 1.807) is 24.3 Å². The molecule has 1 aliphatic rings. The van der Waals surface area contributed by atoms with Gasteiger partial charge in [0.15, 0.2) is 0 Å². The molecule has 0 atom stereocenters. The van der Waals surface area contributed by atoms with Crippen LogP contribution in [0.25, 0.3) is 6.08 Å². The number of urea groups is 1. The number of benzene rings is 2. The average Bonchev–Trinajstić information content (AvgIpc) is 3.34. The molecule has 0 saturated carbocycles. The van der Waals surface area contributed by atoms with Gasteiger partial charge in [-0.15, -0.1) is 0 Å². The van der Waals surface area contributed by atoms with E-state index in [1.807, 2.05) is 0 Å². The fraction of sp³-hybridized carbons (Fsp3) is 0.292. The molecule has 1 fully saturated rings. The van der Waals surface area contributed by atoms with Gasteiger partial charge in [-0.3, -0.25) is 20.1 Å². The van der Waals surface area contributed by atoms with E-state index in [0.29, 0.717) is 18.7 Å². The number of imide groups is 1. The molecule has 10 heteroatoms. The van der Waals surface area contributed by atoms with Gasteiger partial charge in [0, 0.05) is 25.7 Å². The van der Waals surface area contributed by atoms with E-state index < -0.39 is 35.0 Å². The summed E-state index contributed by atoms with van der Waals surface area (Å²) in [6.45, 7) is 2.94. The first-order valence-corrected chi connectivity index (χ1v) is 10.8. The van der Waals surface area contributed by atoms with Crippen molar-refractivity contribution in [3.05, 3.63) is 76.9 Å². The Morgan fingerprint density at radius 3 is 2.29 bits per heavy atom. The molecule has 0 aromatic heterocycles. The summed E-state index contributed by atoms with van der Waals surface area (Å²) in [4.78, 5) is 40.0. The topological polar surface area (TPSA) is 102 Å². The van der Waals surface area contributed by atoms with Crippen molar-refractivity contribution < 1.29 is 28.4 Å². The molecule has 1 aliphatic heterocycles. The van der Waals surface area contributed by atoms with Crippen molar-refractivity contribution in [2.45, 2.75) is 19.4 Å². The van der Waals surface area contributed by atoms with Crippen LogP contribution < -0.4 is 10.8 Å². The molecule has 0 unspecified atom stereocenters. The van der Waals surface area contributed by atoms with Gasteiger partial charge in [0.2, 0.25) is 0 Å². The fourth-order valence-electron chi connectivity index (χ4n) is 3.64. The minimum Gasteiger partial charge on any atom is -0.319 e. The number of halogens is 2. The van der Waals surface area contributed by atoms with Crippen LogP contribution in [0, 0.1) is 11.6 Å². The molecule has 1 heterocycles. The summed E-state index contributed by atoms with van der Waals surface area (Å²) in [6.07, 6.45) is 4.84. The van der Waals surface area contributed by atoms with Crippen molar-refractivity contribution in [2.24, 2.45) is 0 Å². The van der Waals surface area contributed by atoms with Gasteiger partial charge in [-0.2, -0.15) is 0 Å². The Morgan fingerprint density at radius 2 is 1.68 bits per heavy atom. The van der Waals surface area contributed by atoms with Gasteiger partial charge in [0.05, 0.1) is 0 Å². The number of likely N-dealkylation sites (tertiary alicyclic amines) is 1. The SMILES string of the molecule is O=C(C=Cc1ccc(CN(CCN2CCCC2)C(=O)NC(=O)c2c(F)cccc2F)cc1)NO. The second kappa shape index (κ2) is 12.0. The minimum atomic E-state index is -1.14. The van der Waals surface area contributed by atoms with Gasteiger partial charge >= 0.3 is 6.03 Å². The maximum Gasteiger partial charge on any atom is 0.324 e. The third-order valence-electron chi connectivity index (χ3n) is 5.47. The Labute approximate surface area is 195 Å². The van der Waals surface area contributed by atoms with E-state index in [9.17, 15) is 23.2 Å². The molecule has 2 aromatic rings. The number of amides is 4. The monoisotopic (exact) mass is 472 g/mol. The fourth-order valence-corrected chi connectivity index (χ4v) is 3.64. The summed E-state index contributed by atoms with van der Waals surface area (Å²) < 4.78 is 27.9. The van der Waals surface area contributed by atoms with Gasteiger partial charge in [-0.05, 0) is 55.3 Å². The van der Waals surface area contributed by atoms with Gasteiger partial charge in [-0.25, -0.2) is 19.1 Å². The maximum absolute atomic E-state index is 13.9. The lowest BCUT2D eigenvalue weighted by Gasteiger charge is -2.25. The van der Waals surface area contributed by atoms with Crippen molar-refractivity contribution in [3.63, 3.8) is 0 Å². The molecule has 8 nitrogen and oxygen atoms in total. The summed E-state index contributed by atoms with van der Waals surface area (Å²) in [5.74, 6) is -3.90. The standard InChI is InChI=1S/C24H26F2N4O4/c25-19-4-3-5-20(26)22(19)23(32)27-24(33)30(15-14-29-12-1-2-13-29)16-18-8-6-17(7-9-18)10-11-21(31)28-34/h3-11,34H,1-2,12-16H2,(H,28,31)(H,27,32,33). The lowest BCUT2D eigenvalue weighted by molar-refractivity contribution is -0.124. The molecule has 3 N–H and O–H groups in total. The van der Waals surface area contributed by atoms with Crippen LogP contribution in [0.2, 0.25) is 0 Å². The van der Waals surface area contributed by atoms with Gasteiger partial charge in [-0.1, -0.05) is 30.3 Å². The lowest BCUT2D eigenvalue weighted by Crippen LogP contribution is -2.45. The molecule has 34 heavy (non-hydrogen) atoms. The number of nitrogens with zero attached hydrogens (tertiary/aromatic N) is 2. The van der Waals surface area contributed by atoms with E-state index in [-0.39, 0.29) is 6.54 Å². The minimum absolute atomic E-state index is 0.161. The van der Waals surface area contributed by atoms with Crippen molar-refractivity contribution in [3.8, 4) is 0 Å². The highest BCUT2D eigenvalue weighted by Gasteiger charge is 2.23. The Morgan fingerprint density at radius 1 is 1.03 bits per heavy atom. The Hall–Kier alpha value is -3.63. The number of nitrogens with one attached hydrogen (secondary N) is 2. The van der Waals surface area contributed by atoms with Crippen molar-refractivity contribution >= 4 is 23.9 Å². The quantitative estimate of drug-likeness (QED) is 0.312. The summed E-state index contributed by atoms with van der Waals surface area (Å²) in [5, 5.41) is 10.6. The first kappa shape index (κ1) is 25.0. The summed E-state index contributed by atoms with van der Waals surface area (Å²) in [7, 11) is 0. The predicted molar refractivity (Wildman–Crippen MR) is 121 cm³/mol. The normalized spacial score (nSPS) is 13.7. The largest absolute Gasteiger partial charge is 0.324 e. The van der Waals surface area contributed by atoms with E-state index in [0.717, 1.165) is 55.8 Å². The Bertz CT molecular complexity index is 1030. The van der Waals surface area contributed by atoms with Crippen LogP contribution in [0.4, 0.5) is 13.6 Å². The van der Waals surface area contributed by atoms with Crippen molar-refractivity contribution in [1.29, 1.82) is 0 Å². The Balaban J connectivity index is 1.71. The van der Waals surface area contributed by atoms with Gasteiger partial charge < -0.3 is 9.80 Å². The number of hydrogen-bond donors (Lipinski definition) is 3. The van der Waals surface area contributed by atoms with E-state index in [4.69, 9.17) is 5.21 Å². The number of carbonyl (C=O) groups excluding carboxylic acids is 3. The smallest absolute Gasteiger partial charge is 0.319 e. The molecule has 0 aliphatic carbocycles. The molecule has 2 aromatic carbocycles. The zero-order valence-corrected chi connectivity index (χ0v) is 18.5. The second-order valence-electron chi connectivity index (χ2n) is 7.88. The maximum atomic E-state index is 13.9. The highest BCUT2D eigenvalue weighted by Crippen LogP contribution is 2.14. The zero-order chi connectivity index (χ0) is 24.5. The van der Waals surface area contributed by atoms with Crippen LogP contribution >= 0.6 is 0 Å². The van der Waals surface area contributed by atoms with Crippen LogP contribution in [-0.4, -0.2) is 59.0 Å². The molecule has 0 spiro atoms. The molecule has 0 bridgehead atoms. The predicted octanol–water partition coefficient (Wildman–Crippen LogP) is 2.93.